The Hall–Kier alpha value is 5.10. The molecule has 26 heteroatoms. The summed E-state index contributed by atoms with van der Waals surface area (Å²) in [6, 6.07) is 0. The number of hydrogen-bond acceptors (Lipinski definition) is 2. The third kappa shape index (κ3) is 82.4. The van der Waals surface area contributed by atoms with Gasteiger partial charge in [-0.3, -0.25) is 0 Å². The molecule has 0 heterocycles. The summed E-state index contributed by atoms with van der Waals surface area (Å²) in [4.78, 5) is 0. The molecular formula is C42H108Ce2Cl4N6O2Si12. The van der Waals surface area contributed by atoms with E-state index >= 15 is 0 Å². The first-order valence-electron chi connectivity index (χ1n) is 23.3. The van der Waals surface area contributed by atoms with Gasteiger partial charge in [0.2, 0.25) is 0 Å². The molecule has 0 fully saturated rings. The Morgan fingerprint density at radius 2 is 0.265 bits per heavy atom. The fraction of sp³-hybridized carbons (Fsp3) is 0.857. The molecule has 0 aromatic heterocycles. The van der Waals surface area contributed by atoms with Crippen LogP contribution >= 0.6 is 46.4 Å². The van der Waals surface area contributed by atoms with Gasteiger partial charge in [0.1, 0.15) is 0 Å². The second kappa shape index (κ2) is 35.7. The van der Waals surface area contributed by atoms with Crippen molar-refractivity contribution in [1.29, 1.82) is 0 Å². The van der Waals surface area contributed by atoms with E-state index in [0.717, 1.165) is 0 Å². The van der Waals surface area contributed by atoms with Gasteiger partial charge in [0.15, 0.2) is 0 Å². The summed E-state index contributed by atoms with van der Waals surface area (Å²) in [5.74, 6) is -1.46. The summed E-state index contributed by atoms with van der Waals surface area (Å²) in [5.41, 5.74) is 0. The van der Waals surface area contributed by atoms with Gasteiger partial charge in [-0.05, 0) is 0 Å². The smallest absolute Gasteiger partial charge is 0.870 e. The number of hydrogen-bond donors (Lipinski definition) is 0. The molecule has 1 rings (SSSR count). The van der Waals surface area contributed by atoms with Crippen molar-refractivity contribution in [3.63, 3.8) is 0 Å². The first-order valence-corrected chi connectivity index (χ1v) is 66.2. The van der Waals surface area contributed by atoms with E-state index in [2.05, 4.69) is 236 Å². The molecule has 68 heavy (non-hydrogen) atoms. The number of rotatable bonds is 12. The zero-order valence-electron chi connectivity index (χ0n) is 51.0. The molecule has 0 saturated heterocycles. The molecule has 1 aromatic carbocycles. The van der Waals surface area contributed by atoms with Crippen LogP contribution in [0.2, 0.25) is 256 Å². The van der Waals surface area contributed by atoms with Crippen molar-refractivity contribution in [2.75, 3.05) is 0 Å². The van der Waals surface area contributed by atoms with Crippen molar-refractivity contribution in [2.45, 2.75) is 236 Å². The first-order chi connectivity index (χ1) is 27.7. The van der Waals surface area contributed by atoms with Crippen LogP contribution < -0.4 is 10.2 Å². The van der Waals surface area contributed by atoms with Gasteiger partial charge in [0.05, 0.1) is 20.1 Å². The van der Waals surface area contributed by atoms with Crippen LogP contribution in [0.5, 0.6) is 11.5 Å². The van der Waals surface area contributed by atoms with E-state index in [0.29, 0.717) is 0 Å². The quantitative estimate of drug-likeness (QED) is 0.152. The zero-order valence-corrected chi connectivity index (χ0v) is 72.3. The topological polar surface area (TPSA) is 131 Å². The van der Waals surface area contributed by atoms with Crippen LogP contribution in [0.3, 0.4) is 0 Å². The Morgan fingerprint density at radius 1 is 0.206 bits per heavy atom. The van der Waals surface area contributed by atoms with Crippen molar-refractivity contribution < 1.29 is 93.7 Å². The van der Waals surface area contributed by atoms with Crippen LogP contribution in [0.25, 0.3) is 27.9 Å². The van der Waals surface area contributed by atoms with Crippen molar-refractivity contribution in [1.82, 2.24) is 0 Å². The molecule has 0 saturated carbocycles. The first kappa shape index (κ1) is 89.7. The summed E-state index contributed by atoms with van der Waals surface area (Å²) in [5, 5.41) is 20.4. The third-order valence-corrected chi connectivity index (χ3v) is 39.0. The van der Waals surface area contributed by atoms with E-state index in [-0.39, 0.29) is 83.5 Å². The van der Waals surface area contributed by atoms with Crippen LogP contribution in [0.4, 0.5) is 0 Å². The predicted octanol–water partition coefficient (Wildman–Crippen LogP) is 20.6. The largest absolute Gasteiger partial charge is 4.00 e. The summed E-state index contributed by atoms with van der Waals surface area (Å²) in [7, 11) is -13.3. The second-order valence-electron chi connectivity index (χ2n) is 28.6. The van der Waals surface area contributed by atoms with Crippen LogP contribution in [0, 0.1) is 83.5 Å². The molecule has 0 N–H and O–H groups in total. The van der Waals surface area contributed by atoms with E-state index in [1.54, 1.807) is 0 Å². The van der Waals surface area contributed by atoms with E-state index in [1.165, 1.54) is 0 Å². The van der Waals surface area contributed by atoms with Gasteiger partial charge < -0.3 is 38.1 Å². The molecule has 0 amide bonds. The third-order valence-electron chi connectivity index (χ3n) is 5.21. The van der Waals surface area contributed by atoms with Crippen molar-refractivity contribution in [2.24, 2.45) is 0 Å². The van der Waals surface area contributed by atoms with E-state index < -0.39 is 130 Å². The molecule has 0 aliphatic heterocycles. The summed E-state index contributed by atoms with van der Waals surface area (Å²) in [6.45, 7) is 82.7. The summed E-state index contributed by atoms with van der Waals surface area (Å²) >= 11 is 21.5. The van der Waals surface area contributed by atoms with E-state index in [4.69, 9.17) is 74.3 Å². The SMILES string of the molecule is C[Si](C)(C)[N-][Si](C)(C)C.C[Si](C)(C)[N-][Si](C)(C)C.C[Si](C)(C)[N-][Si](C)(C)C.C[Si](C)(C)[N-][Si](C)(C)C.C[Si](C)(C)[N-][Si](C)(C)C.C[Si](C)(C)[N-][Si](C)(C)C.[Ce+4].[Ce+4].[O-]c1c(Cl)c(Cl)c([O-])c(Cl)c1Cl. The molecule has 0 bridgehead atoms. The van der Waals surface area contributed by atoms with Crippen molar-refractivity contribution in [3.8, 4) is 11.5 Å². The Bertz CT molecular complexity index is 1120. The summed E-state index contributed by atoms with van der Waals surface area (Å²) < 4.78 is 28.9. The average Bonchev–Trinajstić information content (AvgIpc) is 2.84. The molecule has 0 radical (unpaired) electrons. The van der Waals surface area contributed by atoms with Gasteiger partial charge in [-0.2, -0.15) is 0 Å². The van der Waals surface area contributed by atoms with Crippen LogP contribution in [-0.2, 0) is 0 Å². The fourth-order valence-corrected chi connectivity index (χ4v) is 55.7. The zero-order chi connectivity index (χ0) is 55.7. The van der Waals surface area contributed by atoms with E-state index in [1.807, 2.05) is 0 Å². The van der Waals surface area contributed by atoms with Crippen molar-refractivity contribution >= 4 is 145 Å². The maximum atomic E-state index is 11.0. The Morgan fingerprint density at radius 3 is 0.294 bits per heavy atom. The van der Waals surface area contributed by atoms with Crippen LogP contribution in [0.15, 0.2) is 0 Å². The minimum absolute atomic E-state index is 0. The minimum Gasteiger partial charge on any atom is -0.870 e. The standard InChI is InChI=1S/C6H2Cl4O2.6C6H18NSi2.2Ce/c7-1-2(8)6(12)4(10)3(9)5(1)11;6*1-8(2,3)7-9(4,5)6;;/h11-12H;6*1-6H3;;/q;6*-1;2*+4/p-2. The molecule has 8 nitrogen and oxygen atoms in total. The molecule has 0 spiro atoms. The Kier molecular flexibility index (Phi) is 47.0. The van der Waals surface area contributed by atoms with Gasteiger partial charge >= 0.3 is 83.5 Å². The van der Waals surface area contributed by atoms with Crippen LogP contribution in [0.1, 0.15) is 0 Å². The summed E-state index contributed by atoms with van der Waals surface area (Å²) in [6.07, 6.45) is 0. The monoisotopic (exact) mass is 1480 g/mol. The molecule has 1 aromatic rings. The molecule has 0 atom stereocenters. The van der Waals surface area contributed by atoms with Gasteiger partial charge in [-0.25, -0.2) is 0 Å². The minimum atomic E-state index is -1.11. The van der Waals surface area contributed by atoms with Gasteiger partial charge in [0, 0.05) is 0 Å². The number of benzene rings is 1. The Labute approximate surface area is 526 Å². The second-order valence-corrected chi connectivity index (χ2v) is 87.6. The maximum absolute atomic E-state index is 11.0. The molecule has 0 aliphatic carbocycles. The Balaban J connectivity index is -0.000000103. The normalized spacial score (nSPS) is 12.9. The number of halogens is 4. The van der Waals surface area contributed by atoms with Gasteiger partial charge in [-0.1, -0.05) is 392 Å². The molecule has 0 aliphatic rings. The molecular weight excluding hydrogens is 1380 g/mol. The van der Waals surface area contributed by atoms with Crippen LogP contribution in [-0.4, -0.2) is 98.8 Å². The predicted molar refractivity (Wildman–Crippen MR) is 346 cm³/mol. The van der Waals surface area contributed by atoms with E-state index in [9.17, 15) is 10.2 Å². The maximum Gasteiger partial charge on any atom is 4.00 e. The number of nitrogens with zero attached hydrogens (tertiary/aromatic N) is 6. The van der Waals surface area contributed by atoms with Gasteiger partial charge in [-0.15, -0.1) is 0 Å². The average molecular weight is 1490 g/mol. The van der Waals surface area contributed by atoms with Crippen molar-refractivity contribution in [3.05, 3.63) is 48.0 Å². The fourth-order valence-electron chi connectivity index (χ4n) is 6.63. The van der Waals surface area contributed by atoms with Gasteiger partial charge in [0.25, 0.3) is 0 Å². The molecule has 0 unspecified atom stereocenters. The molecule has 402 valence electrons.